The fourth-order valence-electron chi connectivity index (χ4n) is 4.91. The monoisotopic (exact) mass is 502 g/mol. The highest BCUT2D eigenvalue weighted by Gasteiger charge is 2.39. The van der Waals surface area contributed by atoms with Crippen LogP contribution in [0.5, 0.6) is 0 Å². The number of carbonyl (C=O) groups excluding carboxylic acids is 2. The number of likely N-dealkylation sites (tertiary alicyclic amines) is 1. The molecule has 2 atom stereocenters. The van der Waals surface area contributed by atoms with Gasteiger partial charge in [0.15, 0.2) is 0 Å². The van der Waals surface area contributed by atoms with E-state index in [0.717, 1.165) is 48.1 Å². The van der Waals surface area contributed by atoms with E-state index in [0.29, 0.717) is 24.5 Å². The van der Waals surface area contributed by atoms with Crippen molar-refractivity contribution < 1.29 is 14.3 Å². The summed E-state index contributed by atoms with van der Waals surface area (Å²) in [7, 11) is 1.92. The van der Waals surface area contributed by atoms with E-state index in [1.165, 1.54) is 0 Å². The topological polar surface area (TPSA) is 126 Å². The van der Waals surface area contributed by atoms with Crippen LogP contribution in [0.4, 0.5) is 0 Å². The van der Waals surface area contributed by atoms with Crippen LogP contribution in [0.3, 0.4) is 0 Å². The number of imidazole rings is 1. The normalized spacial score (nSPS) is 15.8. The van der Waals surface area contributed by atoms with Gasteiger partial charge >= 0.3 is 5.97 Å². The highest BCUT2D eigenvalue weighted by molar-refractivity contribution is 5.89. The van der Waals surface area contributed by atoms with Crippen LogP contribution >= 0.6 is 0 Å². The molecule has 0 saturated carbocycles. The van der Waals surface area contributed by atoms with Gasteiger partial charge in [0, 0.05) is 26.7 Å². The third-order valence-corrected chi connectivity index (χ3v) is 7.10. The van der Waals surface area contributed by atoms with Gasteiger partial charge < -0.3 is 19.9 Å². The highest BCUT2D eigenvalue weighted by atomic mass is 16.5. The number of rotatable bonds is 9. The van der Waals surface area contributed by atoms with Crippen LogP contribution in [0.15, 0.2) is 42.5 Å². The number of benzene rings is 2. The van der Waals surface area contributed by atoms with Crippen LogP contribution in [-0.2, 0) is 26.9 Å². The molecule has 1 saturated heterocycles. The van der Waals surface area contributed by atoms with Crippen molar-refractivity contribution in [1.29, 1.82) is 5.26 Å². The van der Waals surface area contributed by atoms with Crippen molar-refractivity contribution in [3.8, 4) is 6.07 Å². The molecule has 9 nitrogen and oxygen atoms in total. The molecule has 3 aromatic rings. The average molecular weight is 503 g/mol. The standard InChI is InChI=1S/C28H34N6O3/c1-4-37-24(35)13-14-31-28(2,27(36)34-15-5-6-16-34)21-11-12-23-22(17-21)32-26(33(23)3)25(30)20-9-7-19(18-29)8-10-20/h7-12,17,25,31H,4-6,13-16,30H2,1-3H3. The van der Waals surface area contributed by atoms with E-state index < -0.39 is 11.6 Å². The Balaban J connectivity index is 1.66. The predicted octanol–water partition coefficient (Wildman–Crippen LogP) is 2.87. The third kappa shape index (κ3) is 5.36. The minimum absolute atomic E-state index is 0.0151. The van der Waals surface area contributed by atoms with Crippen molar-refractivity contribution in [3.63, 3.8) is 0 Å². The first-order valence-corrected chi connectivity index (χ1v) is 12.7. The Kier molecular flexibility index (Phi) is 7.91. The summed E-state index contributed by atoms with van der Waals surface area (Å²) in [6, 6.07) is 14.6. The Morgan fingerprint density at radius 2 is 1.92 bits per heavy atom. The zero-order chi connectivity index (χ0) is 26.6. The Bertz CT molecular complexity index is 1320. The first-order chi connectivity index (χ1) is 17.8. The van der Waals surface area contributed by atoms with Gasteiger partial charge in [-0.25, -0.2) is 4.98 Å². The van der Waals surface area contributed by atoms with E-state index in [-0.39, 0.29) is 18.3 Å². The number of aromatic nitrogens is 2. The summed E-state index contributed by atoms with van der Waals surface area (Å²) in [6.45, 7) is 5.73. The molecule has 2 unspecified atom stereocenters. The molecule has 0 radical (unpaired) electrons. The van der Waals surface area contributed by atoms with Gasteiger partial charge in [0.25, 0.3) is 0 Å². The summed E-state index contributed by atoms with van der Waals surface area (Å²) in [4.78, 5) is 32.3. The molecule has 37 heavy (non-hydrogen) atoms. The number of ether oxygens (including phenoxy) is 1. The van der Waals surface area contributed by atoms with Crippen LogP contribution < -0.4 is 11.1 Å². The van der Waals surface area contributed by atoms with Crippen LogP contribution in [0, 0.1) is 11.3 Å². The van der Waals surface area contributed by atoms with E-state index in [2.05, 4.69) is 11.4 Å². The molecule has 1 fully saturated rings. The van der Waals surface area contributed by atoms with Crippen molar-refractivity contribution in [3.05, 3.63) is 65.0 Å². The average Bonchev–Trinajstić information content (AvgIpc) is 3.56. The van der Waals surface area contributed by atoms with E-state index in [9.17, 15) is 9.59 Å². The largest absolute Gasteiger partial charge is 0.466 e. The number of aryl methyl sites for hydroxylation is 1. The zero-order valence-electron chi connectivity index (χ0n) is 21.7. The number of esters is 1. The number of nitrogens with two attached hydrogens (primary N) is 1. The molecule has 0 bridgehead atoms. The minimum atomic E-state index is -1.03. The first kappa shape index (κ1) is 26.3. The van der Waals surface area contributed by atoms with E-state index in [4.69, 9.17) is 20.7 Å². The minimum Gasteiger partial charge on any atom is -0.466 e. The second-order valence-corrected chi connectivity index (χ2v) is 9.55. The lowest BCUT2D eigenvalue weighted by atomic mass is 9.89. The molecule has 0 spiro atoms. The number of carbonyl (C=O) groups is 2. The van der Waals surface area contributed by atoms with Gasteiger partial charge in [0.1, 0.15) is 11.4 Å². The number of nitrogens with zero attached hydrogens (tertiary/aromatic N) is 4. The van der Waals surface area contributed by atoms with E-state index in [1.54, 1.807) is 19.1 Å². The highest BCUT2D eigenvalue weighted by Crippen LogP contribution is 2.30. The summed E-state index contributed by atoms with van der Waals surface area (Å²) < 4.78 is 7.01. The Morgan fingerprint density at radius 3 is 2.57 bits per heavy atom. The maximum atomic E-state index is 13.7. The summed E-state index contributed by atoms with van der Waals surface area (Å²) in [5.74, 6) is 0.367. The van der Waals surface area contributed by atoms with Gasteiger partial charge in [-0.2, -0.15) is 5.26 Å². The molecule has 1 amide bonds. The molecule has 2 aromatic carbocycles. The lowest BCUT2D eigenvalue weighted by molar-refractivity contribution is -0.144. The quantitative estimate of drug-likeness (QED) is 0.431. The molecular weight excluding hydrogens is 468 g/mol. The van der Waals surface area contributed by atoms with E-state index >= 15 is 0 Å². The Morgan fingerprint density at radius 1 is 1.22 bits per heavy atom. The SMILES string of the molecule is CCOC(=O)CCNC(C)(C(=O)N1CCCC1)c1ccc2c(c1)nc(C(N)c1ccc(C#N)cc1)n2C. The second kappa shape index (κ2) is 11.1. The number of amides is 1. The maximum absolute atomic E-state index is 13.7. The van der Waals surface area contributed by atoms with Crippen molar-refractivity contribution in [1.82, 2.24) is 19.8 Å². The molecule has 2 heterocycles. The second-order valence-electron chi connectivity index (χ2n) is 9.55. The summed E-state index contributed by atoms with van der Waals surface area (Å²) >= 11 is 0. The fraction of sp³-hybridized carbons (Fsp3) is 0.429. The smallest absolute Gasteiger partial charge is 0.307 e. The predicted molar refractivity (Wildman–Crippen MR) is 140 cm³/mol. The molecule has 1 aliphatic rings. The molecule has 1 aromatic heterocycles. The lowest BCUT2D eigenvalue weighted by Crippen LogP contribution is -2.53. The molecule has 3 N–H and O–H groups in total. The van der Waals surface area contributed by atoms with Gasteiger partial charge in [-0.1, -0.05) is 18.2 Å². The summed E-state index contributed by atoms with van der Waals surface area (Å²) in [5, 5.41) is 12.4. The lowest BCUT2D eigenvalue weighted by Gasteiger charge is -2.34. The summed E-state index contributed by atoms with van der Waals surface area (Å²) in [6.07, 6.45) is 2.15. The molecular formula is C28H34N6O3. The van der Waals surface area contributed by atoms with E-state index in [1.807, 2.05) is 53.8 Å². The fourth-order valence-corrected chi connectivity index (χ4v) is 4.91. The number of fused-ring (bicyclic) bond motifs is 1. The van der Waals surface area contributed by atoms with Crippen molar-refractivity contribution in [2.45, 2.75) is 44.7 Å². The third-order valence-electron chi connectivity index (χ3n) is 7.10. The Labute approximate surface area is 217 Å². The molecule has 4 rings (SSSR count). The van der Waals surface area contributed by atoms with Crippen LogP contribution in [0.25, 0.3) is 11.0 Å². The van der Waals surface area contributed by atoms with Crippen molar-refractivity contribution in [2.24, 2.45) is 12.8 Å². The van der Waals surface area contributed by atoms with Crippen LogP contribution in [0.2, 0.25) is 0 Å². The molecule has 1 aliphatic heterocycles. The molecule has 0 aliphatic carbocycles. The maximum Gasteiger partial charge on any atom is 0.307 e. The zero-order valence-corrected chi connectivity index (χ0v) is 21.7. The number of nitrogens with one attached hydrogen (secondary N) is 1. The first-order valence-electron chi connectivity index (χ1n) is 12.7. The molecule has 9 heteroatoms. The number of hydrogen-bond acceptors (Lipinski definition) is 7. The number of hydrogen-bond donors (Lipinski definition) is 2. The van der Waals surface area contributed by atoms with Gasteiger partial charge in [-0.3, -0.25) is 14.9 Å². The van der Waals surface area contributed by atoms with Gasteiger partial charge in [-0.15, -0.1) is 0 Å². The van der Waals surface area contributed by atoms with Crippen LogP contribution in [0.1, 0.15) is 61.7 Å². The van der Waals surface area contributed by atoms with Gasteiger partial charge in [0.05, 0.1) is 41.7 Å². The summed E-state index contributed by atoms with van der Waals surface area (Å²) in [5.41, 5.74) is 9.36. The Hall–Kier alpha value is -3.74. The van der Waals surface area contributed by atoms with Crippen molar-refractivity contribution >= 4 is 22.9 Å². The number of nitriles is 1. The van der Waals surface area contributed by atoms with Gasteiger partial charge in [0.2, 0.25) is 5.91 Å². The molecule has 194 valence electrons. The van der Waals surface area contributed by atoms with Crippen LogP contribution in [-0.4, -0.2) is 52.6 Å². The van der Waals surface area contributed by atoms with Gasteiger partial charge in [-0.05, 0) is 62.1 Å². The van der Waals surface area contributed by atoms with Crippen molar-refractivity contribution in [2.75, 3.05) is 26.2 Å².